The summed E-state index contributed by atoms with van der Waals surface area (Å²) in [6, 6.07) is 6.99. The zero-order valence-electron chi connectivity index (χ0n) is 22.0. The molecular weight excluding hydrogens is 490 g/mol. The summed E-state index contributed by atoms with van der Waals surface area (Å²) in [7, 11) is 1.59. The molecule has 37 heavy (non-hydrogen) atoms. The van der Waals surface area contributed by atoms with Gasteiger partial charge in [-0.3, -0.25) is 14.9 Å². The lowest BCUT2D eigenvalue weighted by Gasteiger charge is -2.53. The van der Waals surface area contributed by atoms with Gasteiger partial charge in [0.2, 0.25) is 5.91 Å². The Morgan fingerprint density at radius 1 is 1.27 bits per heavy atom. The third-order valence-corrected chi connectivity index (χ3v) is 9.84. The van der Waals surface area contributed by atoms with Crippen LogP contribution in [0.1, 0.15) is 60.5 Å². The van der Waals surface area contributed by atoms with E-state index in [4.69, 9.17) is 14.5 Å². The van der Waals surface area contributed by atoms with Crippen LogP contribution in [0.25, 0.3) is 0 Å². The van der Waals surface area contributed by atoms with Gasteiger partial charge in [-0.05, 0) is 60.8 Å². The largest absolute Gasteiger partial charge is 0.497 e. The Kier molecular flexibility index (Phi) is 7.31. The highest BCUT2D eigenvalue weighted by Gasteiger charge is 2.54. The van der Waals surface area contributed by atoms with Crippen LogP contribution in [-0.4, -0.2) is 66.3 Å². The molecule has 1 saturated heterocycles. The summed E-state index contributed by atoms with van der Waals surface area (Å²) in [4.78, 5) is 33.9. The highest BCUT2D eigenvalue weighted by atomic mass is 32.1. The first kappa shape index (κ1) is 26.1. The summed E-state index contributed by atoms with van der Waals surface area (Å²) in [6.45, 7) is 8.77. The van der Waals surface area contributed by atoms with E-state index in [-0.39, 0.29) is 40.9 Å². The third kappa shape index (κ3) is 4.89. The predicted molar refractivity (Wildman–Crippen MR) is 142 cm³/mol. The number of fused-ring (bicyclic) bond motifs is 2. The lowest BCUT2D eigenvalue weighted by molar-refractivity contribution is -0.148. The van der Waals surface area contributed by atoms with E-state index < -0.39 is 6.10 Å². The number of morpholine rings is 1. The first-order valence-electron chi connectivity index (χ1n) is 13.2. The van der Waals surface area contributed by atoms with E-state index in [1.165, 1.54) is 16.2 Å². The second kappa shape index (κ2) is 10.3. The van der Waals surface area contributed by atoms with Crippen molar-refractivity contribution in [1.82, 2.24) is 9.88 Å². The molecule has 0 unspecified atom stereocenters. The number of aliphatic hydroxyl groups is 1. The van der Waals surface area contributed by atoms with Gasteiger partial charge in [0, 0.05) is 35.4 Å². The van der Waals surface area contributed by atoms with E-state index in [2.05, 4.69) is 19.2 Å². The number of nitrogens with zero attached hydrogens (tertiary/aromatic N) is 2. The van der Waals surface area contributed by atoms with Crippen molar-refractivity contribution in [2.24, 2.45) is 23.2 Å². The summed E-state index contributed by atoms with van der Waals surface area (Å²) in [5, 5.41) is 15.2. The summed E-state index contributed by atoms with van der Waals surface area (Å²) >= 11 is 1.53. The molecule has 5 rings (SSSR count). The van der Waals surface area contributed by atoms with Gasteiger partial charge in [-0.25, -0.2) is 4.98 Å². The van der Waals surface area contributed by atoms with Gasteiger partial charge < -0.3 is 19.5 Å². The molecule has 2 N–H and O–H groups in total. The number of aromatic nitrogens is 1. The molecule has 9 heteroatoms. The number of thiazole rings is 1. The maximum Gasteiger partial charge on any atom is 0.257 e. The van der Waals surface area contributed by atoms with Crippen molar-refractivity contribution in [2.75, 3.05) is 38.7 Å². The maximum atomic E-state index is 13.2. The molecule has 2 aliphatic carbocycles. The summed E-state index contributed by atoms with van der Waals surface area (Å²) in [5.74, 6) is 0.332. The predicted octanol–water partition coefficient (Wildman–Crippen LogP) is 3.95. The molecule has 2 heterocycles. The van der Waals surface area contributed by atoms with Crippen LogP contribution in [0.4, 0.5) is 5.13 Å². The van der Waals surface area contributed by atoms with Crippen LogP contribution in [-0.2, 0) is 16.0 Å². The minimum Gasteiger partial charge on any atom is -0.497 e. The molecule has 0 spiro atoms. The Hall–Kier alpha value is -2.49. The number of nitrogens with one attached hydrogen (secondary N) is 1. The molecule has 6 atom stereocenters. The molecule has 0 bridgehead atoms. The van der Waals surface area contributed by atoms with E-state index >= 15 is 0 Å². The Labute approximate surface area is 222 Å². The molecular formula is C28H37N3O5S. The van der Waals surface area contributed by atoms with Gasteiger partial charge in [0.15, 0.2) is 5.13 Å². The Balaban J connectivity index is 1.32. The fourth-order valence-corrected chi connectivity index (χ4v) is 8.03. The van der Waals surface area contributed by atoms with Crippen LogP contribution >= 0.6 is 11.3 Å². The molecule has 2 amide bonds. The third-order valence-electron chi connectivity index (χ3n) is 8.85. The average Bonchev–Trinajstić information content (AvgIpc) is 3.30. The summed E-state index contributed by atoms with van der Waals surface area (Å²) < 4.78 is 10.6. The number of rotatable bonds is 5. The Bertz CT molecular complexity index is 1150. The Morgan fingerprint density at radius 2 is 1.97 bits per heavy atom. The minimum atomic E-state index is -0.582. The van der Waals surface area contributed by atoms with Crippen LogP contribution in [0.3, 0.4) is 0 Å². The molecule has 2 aromatic rings. The maximum absolute atomic E-state index is 13.2. The smallest absolute Gasteiger partial charge is 0.257 e. The normalized spacial score (nSPS) is 30.1. The quantitative estimate of drug-likeness (QED) is 0.611. The van der Waals surface area contributed by atoms with Crippen molar-refractivity contribution in [3.63, 3.8) is 0 Å². The highest BCUT2D eigenvalue weighted by Crippen LogP contribution is 2.57. The van der Waals surface area contributed by atoms with Gasteiger partial charge >= 0.3 is 0 Å². The van der Waals surface area contributed by atoms with E-state index in [1.807, 2.05) is 11.8 Å². The van der Waals surface area contributed by atoms with Crippen molar-refractivity contribution in [3.8, 4) is 5.75 Å². The number of ether oxygens (including phenoxy) is 2. The molecule has 1 aromatic heterocycles. The summed E-state index contributed by atoms with van der Waals surface area (Å²) in [6.07, 6.45) is 2.02. The fourth-order valence-electron chi connectivity index (χ4n) is 6.77. The zero-order valence-corrected chi connectivity index (χ0v) is 22.8. The number of hydrogen-bond acceptors (Lipinski definition) is 7. The fraction of sp³-hybridized carbons (Fsp3) is 0.607. The number of carbonyl (C=O) groups is 2. The SMILES string of the molecule is COc1ccc(C(=O)Nc2nc3c(s2)C[C@]2(C)CC[C@@H]([C@H](C)C(=O)N4CCOCC4)[C@H](O)[C@H]2[C@@H]3C)cc1. The van der Waals surface area contributed by atoms with Gasteiger partial charge in [0.05, 0.1) is 32.1 Å². The van der Waals surface area contributed by atoms with Gasteiger partial charge in [-0.2, -0.15) is 0 Å². The summed E-state index contributed by atoms with van der Waals surface area (Å²) in [5.41, 5.74) is 1.43. The van der Waals surface area contributed by atoms with Crippen LogP contribution in [0.5, 0.6) is 5.75 Å². The van der Waals surface area contributed by atoms with E-state index in [9.17, 15) is 14.7 Å². The van der Waals surface area contributed by atoms with Gasteiger partial charge in [-0.1, -0.05) is 20.8 Å². The molecule has 200 valence electrons. The van der Waals surface area contributed by atoms with Crippen LogP contribution in [0.2, 0.25) is 0 Å². The van der Waals surface area contributed by atoms with Crippen LogP contribution in [0.15, 0.2) is 24.3 Å². The number of carbonyl (C=O) groups excluding carboxylic acids is 2. The number of hydrogen-bond donors (Lipinski definition) is 2. The number of benzene rings is 1. The van der Waals surface area contributed by atoms with E-state index in [0.717, 1.165) is 25.0 Å². The number of aliphatic hydroxyl groups excluding tert-OH is 1. The lowest BCUT2D eigenvalue weighted by Crippen LogP contribution is -2.54. The lowest BCUT2D eigenvalue weighted by atomic mass is 9.53. The van der Waals surface area contributed by atoms with Crippen molar-refractivity contribution < 1.29 is 24.2 Å². The number of anilines is 1. The minimum absolute atomic E-state index is 0.00549. The van der Waals surface area contributed by atoms with Crippen LogP contribution < -0.4 is 10.1 Å². The van der Waals surface area contributed by atoms with Gasteiger partial charge in [0.1, 0.15) is 5.75 Å². The van der Waals surface area contributed by atoms with Crippen molar-refractivity contribution in [3.05, 3.63) is 40.4 Å². The van der Waals surface area contributed by atoms with Crippen molar-refractivity contribution in [2.45, 2.75) is 52.1 Å². The van der Waals surface area contributed by atoms with Crippen molar-refractivity contribution >= 4 is 28.3 Å². The second-order valence-corrected chi connectivity index (χ2v) is 12.2. The zero-order chi connectivity index (χ0) is 26.3. The molecule has 1 aliphatic heterocycles. The monoisotopic (exact) mass is 527 g/mol. The van der Waals surface area contributed by atoms with E-state index in [1.54, 1.807) is 31.4 Å². The first-order valence-corrected chi connectivity index (χ1v) is 14.0. The molecule has 3 aliphatic rings. The molecule has 1 aromatic carbocycles. The number of methoxy groups -OCH3 is 1. The Morgan fingerprint density at radius 3 is 2.65 bits per heavy atom. The van der Waals surface area contributed by atoms with E-state index in [0.29, 0.717) is 42.7 Å². The number of amides is 2. The molecule has 1 saturated carbocycles. The first-order chi connectivity index (χ1) is 17.7. The standard InChI is InChI=1S/C28H37N3O5S/c1-16(26(34)31-11-13-36-14-12-31)20-9-10-28(3)15-21-23(17(2)22(28)24(20)32)29-27(37-21)30-25(33)18-5-7-19(35-4)8-6-18/h5-8,16-17,20,22,24,32H,9-15H2,1-4H3,(H,29,30,33)/t16-,17-,20-,22+,24-,28-/m0/s1. The molecule has 0 radical (unpaired) electrons. The van der Waals surface area contributed by atoms with Gasteiger partial charge in [0.25, 0.3) is 5.91 Å². The van der Waals surface area contributed by atoms with Gasteiger partial charge in [-0.15, -0.1) is 11.3 Å². The topological polar surface area (TPSA) is 101 Å². The molecule has 8 nitrogen and oxygen atoms in total. The highest BCUT2D eigenvalue weighted by molar-refractivity contribution is 7.15. The van der Waals surface area contributed by atoms with Crippen molar-refractivity contribution in [1.29, 1.82) is 0 Å². The van der Waals surface area contributed by atoms with Crippen LogP contribution in [0, 0.1) is 23.2 Å². The second-order valence-electron chi connectivity index (χ2n) is 11.1. The molecule has 2 fully saturated rings. The average molecular weight is 528 g/mol.